The van der Waals surface area contributed by atoms with Crippen LogP contribution in [-0.2, 0) is 0 Å². The Labute approximate surface area is 121 Å². The fourth-order valence-corrected chi connectivity index (χ4v) is 3.61. The summed E-state index contributed by atoms with van der Waals surface area (Å²) < 4.78 is 0.905. The highest BCUT2D eigenvalue weighted by molar-refractivity contribution is 9.10. The van der Waals surface area contributed by atoms with E-state index in [-0.39, 0.29) is 5.91 Å². The normalized spacial score (nSPS) is 23.1. The summed E-state index contributed by atoms with van der Waals surface area (Å²) in [6.07, 6.45) is 5.55. The van der Waals surface area contributed by atoms with Gasteiger partial charge in [-0.2, -0.15) is 11.8 Å². The van der Waals surface area contributed by atoms with E-state index in [0.717, 1.165) is 28.4 Å². The predicted octanol–water partition coefficient (Wildman–Crippen LogP) is 3.77. The smallest absolute Gasteiger partial charge is 0.252 e. The number of thioether (sulfide) groups is 1. The van der Waals surface area contributed by atoms with Gasteiger partial charge < -0.3 is 5.32 Å². The number of hydrogen-bond acceptors (Lipinski definition) is 2. The van der Waals surface area contributed by atoms with Gasteiger partial charge in [0.25, 0.3) is 5.91 Å². The fraction of sp³-hybridized carbons (Fsp3) is 0.500. The molecular weight excluding hydrogens is 310 g/mol. The Hall–Kier alpha value is -0.480. The summed E-state index contributed by atoms with van der Waals surface area (Å²) in [7, 11) is 0. The lowest BCUT2D eigenvalue weighted by molar-refractivity contribution is 0.0937. The van der Waals surface area contributed by atoms with Gasteiger partial charge in [0.05, 0.1) is 5.56 Å². The first-order chi connectivity index (χ1) is 8.61. The molecule has 1 aromatic rings. The van der Waals surface area contributed by atoms with Crippen LogP contribution < -0.4 is 5.32 Å². The monoisotopic (exact) mass is 327 g/mol. The van der Waals surface area contributed by atoms with Gasteiger partial charge in [0.1, 0.15) is 0 Å². The van der Waals surface area contributed by atoms with Gasteiger partial charge >= 0.3 is 0 Å². The van der Waals surface area contributed by atoms with Crippen LogP contribution in [0.5, 0.6) is 0 Å². The van der Waals surface area contributed by atoms with Crippen molar-refractivity contribution in [3.05, 3.63) is 33.8 Å². The molecule has 0 heterocycles. The maximum Gasteiger partial charge on any atom is 0.252 e. The Bertz CT molecular complexity index is 449. The van der Waals surface area contributed by atoms with E-state index in [0.29, 0.717) is 11.3 Å². The summed E-state index contributed by atoms with van der Waals surface area (Å²) in [4.78, 5) is 12.2. The minimum absolute atomic E-state index is 0.0392. The highest BCUT2D eigenvalue weighted by Crippen LogP contribution is 2.29. The van der Waals surface area contributed by atoms with Gasteiger partial charge in [-0.1, -0.05) is 12.1 Å². The van der Waals surface area contributed by atoms with E-state index in [4.69, 9.17) is 0 Å². The molecule has 2 rings (SSSR count). The van der Waals surface area contributed by atoms with E-state index in [9.17, 15) is 4.79 Å². The van der Waals surface area contributed by atoms with Crippen LogP contribution in [0.4, 0.5) is 0 Å². The van der Waals surface area contributed by atoms with Gasteiger partial charge in [0.2, 0.25) is 0 Å². The number of nitrogens with one attached hydrogen (secondary N) is 1. The molecule has 0 bridgehead atoms. The predicted molar refractivity (Wildman–Crippen MR) is 81.3 cm³/mol. The summed E-state index contributed by atoms with van der Waals surface area (Å²) >= 11 is 5.39. The maximum absolute atomic E-state index is 12.2. The molecule has 1 aromatic carbocycles. The first-order valence-electron chi connectivity index (χ1n) is 6.20. The van der Waals surface area contributed by atoms with Crippen molar-refractivity contribution in [3.8, 4) is 0 Å². The molecule has 1 aliphatic rings. The van der Waals surface area contributed by atoms with E-state index in [1.165, 1.54) is 6.42 Å². The molecule has 2 nitrogen and oxygen atoms in total. The quantitative estimate of drug-likeness (QED) is 0.915. The first-order valence-corrected chi connectivity index (χ1v) is 8.28. The van der Waals surface area contributed by atoms with E-state index in [1.54, 1.807) is 0 Å². The number of carbonyl (C=O) groups excluding carboxylic acids is 1. The van der Waals surface area contributed by atoms with Crippen LogP contribution in [0.15, 0.2) is 22.7 Å². The van der Waals surface area contributed by atoms with Crippen molar-refractivity contribution in [1.82, 2.24) is 5.32 Å². The molecule has 4 heteroatoms. The molecule has 0 aromatic heterocycles. The average molecular weight is 328 g/mol. The lowest BCUT2D eigenvalue weighted by Crippen LogP contribution is -2.33. The molecule has 18 heavy (non-hydrogen) atoms. The van der Waals surface area contributed by atoms with Crippen molar-refractivity contribution in [1.29, 1.82) is 0 Å². The summed E-state index contributed by atoms with van der Waals surface area (Å²) in [5.74, 6) is 0.0392. The van der Waals surface area contributed by atoms with Crippen molar-refractivity contribution >= 4 is 33.6 Å². The van der Waals surface area contributed by atoms with Crippen LogP contribution in [0.25, 0.3) is 0 Å². The second-order valence-electron chi connectivity index (χ2n) is 4.78. The lowest BCUT2D eigenvalue weighted by atomic mass is 10.1. The minimum atomic E-state index is 0.0392. The SMILES string of the molecule is CSC1CCC(NC(=O)c2cccc(C)c2Br)C1. The van der Waals surface area contributed by atoms with E-state index >= 15 is 0 Å². The molecule has 0 spiro atoms. The van der Waals surface area contributed by atoms with E-state index in [2.05, 4.69) is 27.5 Å². The summed E-state index contributed by atoms with van der Waals surface area (Å²) in [5.41, 5.74) is 1.83. The molecule has 1 N–H and O–H groups in total. The van der Waals surface area contributed by atoms with Crippen molar-refractivity contribution in [3.63, 3.8) is 0 Å². The molecule has 1 amide bonds. The largest absolute Gasteiger partial charge is 0.349 e. The third-order valence-corrected chi connectivity index (χ3v) is 5.64. The Morgan fingerprint density at radius 2 is 2.22 bits per heavy atom. The minimum Gasteiger partial charge on any atom is -0.349 e. The van der Waals surface area contributed by atoms with Crippen LogP contribution >= 0.6 is 27.7 Å². The third-order valence-electron chi connectivity index (χ3n) is 3.49. The van der Waals surface area contributed by atoms with E-state index in [1.807, 2.05) is 36.9 Å². The Morgan fingerprint density at radius 1 is 1.44 bits per heavy atom. The Balaban J connectivity index is 2.02. The standard InChI is InChI=1S/C14H18BrNOS/c1-9-4-3-5-12(13(9)15)14(17)16-10-6-7-11(8-10)18-2/h3-5,10-11H,6-8H2,1-2H3,(H,16,17). The average Bonchev–Trinajstić information content (AvgIpc) is 2.80. The van der Waals surface area contributed by atoms with Crippen LogP contribution in [0.2, 0.25) is 0 Å². The molecule has 2 unspecified atom stereocenters. The summed E-state index contributed by atoms with van der Waals surface area (Å²) in [6.45, 7) is 2.00. The number of hydrogen-bond donors (Lipinski definition) is 1. The lowest BCUT2D eigenvalue weighted by Gasteiger charge is -2.14. The van der Waals surface area contributed by atoms with Gasteiger partial charge in [0.15, 0.2) is 0 Å². The Morgan fingerprint density at radius 3 is 2.89 bits per heavy atom. The maximum atomic E-state index is 12.2. The molecule has 1 fully saturated rings. The second-order valence-corrected chi connectivity index (χ2v) is 6.71. The second kappa shape index (κ2) is 6.11. The molecule has 0 aliphatic heterocycles. The van der Waals surface area contributed by atoms with Gasteiger partial charge in [0, 0.05) is 15.8 Å². The van der Waals surface area contributed by atoms with Crippen molar-refractivity contribution < 1.29 is 4.79 Å². The number of carbonyl (C=O) groups is 1. The molecule has 1 aliphatic carbocycles. The zero-order chi connectivity index (χ0) is 13.1. The number of amides is 1. The summed E-state index contributed by atoms with van der Waals surface area (Å²) in [6, 6.07) is 6.13. The zero-order valence-electron chi connectivity index (χ0n) is 10.7. The van der Waals surface area contributed by atoms with Crippen LogP contribution in [0.1, 0.15) is 35.2 Å². The highest BCUT2D eigenvalue weighted by Gasteiger charge is 2.25. The van der Waals surface area contributed by atoms with Crippen LogP contribution in [0, 0.1) is 6.92 Å². The van der Waals surface area contributed by atoms with Crippen LogP contribution in [0.3, 0.4) is 0 Å². The van der Waals surface area contributed by atoms with Crippen LogP contribution in [-0.4, -0.2) is 23.5 Å². The number of benzene rings is 1. The first kappa shape index (κ1) is 13.9. The van der Waals surface area contributed by atoms with Gasteiger partial charge in [-0.05, 0) is 60.0 Å². The van der Waals surface area contributed by atoms with Crippen molar-refractivity contribution in [2.45, 2.75) is 37.5 Å². The van der Waals surface area contributed by atoms with Crippen molar-refractivity contribution in [2.75, 3.05) is 6.26 Å². The van der Waals surface area contributed by atoms with Gasteiger partial charge in [-0.15, -0.1) is 0 Å². The van der Waals surface area contributed by atoms with Gasteiger partial charge in [-0.3, -0.25) is 4.79 Å². The molecule has 2 atom stereocenters. The number of rotatable bonds is 3. The topological polar surface area (TPSA) is 29.1 Å². The summed E-state index contributed by atoms with van der Waals surface area (Å²) in [5, 5.41) is 3.85. The third kappa shape index (κ3) is 3.09. The number of halogens is 1. The van der Waals surface area contributed by atoms with Crippen molar-refractivity contribution in [2.24, 2.45) is 0 Å². The Kier molecular flexibility index (Phi) is 4.73. The van der Waals surface area contributed by atoms with Gasteiger partial charge in [-0.25, -0.2) is 0 Å². The number of aryl methyl sites for hydroxylation is 1. The molecule has 0 saturated heterocycles. The fourth-order valence-electron chi connectivity index (χ4n) is 2.37. The molecular formula is C14H18BrNOS. The molecule has 98 valence electrons. The molecule has 1 saturated carbocycles. The van der Waals surface area contributed by atoms with E-state index < -0.39 is 0 Å². The zero-order valence-corrected chi connectivity index (χ0v) is 13.1. The molecule has 0 radical (unpaired) electrons. The highest BCUT2D eigenvalue weighted by atomic mass is 79.9.